The molecule has 1 saturated heterocycles. The van der Waals surface area contributed by atoms with Gasteiger partial charge in [0.15, 0.2) is 0 Å². The molecule has 1 aromatic rings. The number of piperidine rings is 1. The first-order chi connectivity index (χ1) is 12.8. The van der Waals surface area contributed by atoms with Crippen molar-refractivity contribution in [3.05, 3.63) is 24.3 Å². The highest BCUT2D eigenvalue weighted by atomic mass is 16.5. The number of carbonyl (C=O) groups is 3. The Bertz CT molecular complexity index is 746. The molecule has 7 nitrogen and oxygen atoms in total. The van der Waals surface area contributed by atoms with Gasteiger partial charge in [0.25, 0.3) is 0 Å². The van der Waals surface area contributed by atoms with Crippen molar-refractivity contribution in [2.45, 2.75) is 39.2 Å². The van der Waals surface area contributed by atoms with E-state index in [0.717, 1.165) is 19.4 Å². The van der Waals surface area contributed by atoms with E-state index in [1.165, 1.54) is 0 Å². The van der Waals surface area contributed by atoms with Gasteiger partial charge >= 0.3 is 5.97 Å². The number of para-hydroxylation sites is 2. The maximum atomic E-state index is 13.2. The molecule has 1 fully saturated rings. The number of rotatable bonds is 4. The molecule has 146 valence electrons. The number of benzene rings is 1. The van der Waals surface area contributed by atoms with E-state index < -0.39 is 5.54 Å². The van der Waals surface area contributed by atoms with Gasteiger partial charge in [-0.1, -0.05) is 12.1 Å². The topological polar surface area (TPSA) is 79.0 Å². The summed E-state index contributed by atoms with van der Waals surface area (Å²) in [6, 6.07) is 7.31. The molecule has 2 amide bonds. The van der Waals surface area contributed by atoms with Gasteiger partial charge < -0.3 is 10.1 Å². The van der Waals surface area contributed by atoms with Gasteiger partial charge in [0.1, 0.15) is 5.54 Å². The van der Waals surface area contributed by atoms with Crippen molar-refractivity contribution in [3.63, 3.8) is 0 Å². The van der Waals surface area contributed by atoms with E-state index in [1.54, 1.807) is 31.7 Å². The van der Waals surface area contributed by atoms with E-state index in [4.69, 9.17) is 4.74 Å². The largest absolute Gasteiger partial charge is 0.466 e. The summed E-state index contributed by atoms with van der Waals surface area (Å²) in [4.78, 5) is 41.3. The van der Waals surface area contributed by atoms with Crippen LogP contribution in [0.5, 0.6) is 0 Å². The number of hydrogen-bond donors (Lipinski definition) is 1. The Balaban J connectivity index is 1.77. The van der Waals surface area contributed by atoms with Crippen LogP contribution in [0.2, 0.25) is 0 Å². The lowest BCUT2D eigenvalue weighted by atomic mass is 9.95. The fourth-order valence-corrected chi connectivity index (χ4v) is 3.81. The Labute approximate surface area is 159 Å². The predicted molar refractivity (Wildman–Crippen MR) is 102 cm³/mol. The first-order valence-corrected chi connectivity index (χ1v) is 9.47. The van der Waals surface area contributed by atoms with Gasteiger partial charge in [0.2, 0.25) is 11.8 Å². The number of esters is 1. The SMILES string of the molecule is CCOC(=O)[C@@H]1CCCN(CC(=O)N2c3ccccc3NC(=O)C2(C)C)C1. The molecule has 0 saturated carbocycles. The molecule has 7 heteroatoms. The van der Waals surface area contributed by atoms with Crippen LogP contribution >= 0.6 is 0 Å². The van der Waals surface area contributed by atoms with Crippen molar-refractivity contribution in [1.29, 1.82) is 0 Å². The highest BCUT2D eigenvalue weighted by Crippen LogP contribution is 2.36. The molecule has 0 bridgehead atoms. The maximum absolute atomic E-state index is 13.2. The van der Waals surface area contributed by atoms with Crippen LogP contribution in [0.25, 0.3) is 0 Å². The lowest BCUT2D eigenvalue weighted by Crippen LogP contribution is -2.60. The van der Waals surface area contributed by atoms with Gasteiger partial charge in [-0.05, 0) is 52.3 Å². The van der Waals surface area contributed by atoms with Gasteiger partial charge in [-0.15, -0.1) is 0 Å². The van der Waals surface area contributed by atoms with E-state index in [1.807, 2.05) is 23.1 Å². The molecule has 3 rings (SSSR count). The highest BCUT2D eigenvalue weighted by molar-refractivity contribution is 6.14. The Morgan fingerprint density at radius 1 is 1.30 bits per heavy atom. The minimum atomic E-state index is -0.984. The zero-order valence-electron chi connectivity index (χ0n) is 16.2. The summed E-state index contributed by atoms with van der Waals surface area (Å²) in [5.74, 6) is -0.751. The van der Waals surface area contributed by atoms with Crippen LogP contribution in [0.4, 0.5) is 11.4 Å². The minimum absolute atomic E-state index is 0.146. The number of nitrogens with one attached hydrogen (secondary N) is 1. The third kappa shape index (κ3) is 3.83. The molecule has 27 heavy (non-hydrogen) atoms. The Morgan fingerprint density at radius 3 is 2.78 bits per heavy atom. The Hall–Kier alpha value is -2.41. The summed E-state index contributed by atoms with van der Waals surface area (Å²) in [5, 5.41) is 2.87. The summed E-state index contributed by atoms with van der Waals surface area (Å²) in [7, 11) is 0. The first-order valence-electron chi connectivity index (χ1n) is 9.47. The fraction of sp³-hybridized carbons (Fsp3) is 0.550. The number of carbonyl (C=O) groups excluding carboxylic acids is 3. The second-order valence-electron chi connectivity index (χ2n) is 7.59. The van der Waals surface area contributed by atoms with Crippen molar-refractivity contribution < 1.29 is 19.1 Å². The summed E-state index contributed by atoms with van der Waals surface area (Å²) in [6.45, 7) is 7.07. The molecule has 1 atom stereocenters. The van der Waals surface area contributed by atoms with Crippen molar-refractivity contribution in [3.8, 4) is 0 Å². The van der Waals surface area contributed by atoms with Crippen LogP contribution in [-0.2, 0) is 19.1 Å². The van der Waals surface area contributed by atoms with E-state index >= 15 is 0 Å². The predicted octanol–water partition coefficient (Wildman–Crippen LogP) is 2.03. The number of amides is 2. The zero-order chi connectivity index (χ0) is 19.6. The molecular weight excluding hydrogens is 346 g/mol. The third-order valence-corrected chi connectivity index (χ3v) is 5.24. The molecule has 0 unspecified atom stereocenters. The summed E-state index contributed by atoms with van der Waals surface area (Å²) < 4.78 is 5.13. The molecule has 1 N–H and O–H groups in total. The molecule has 0 aliphatic carbocycles. The Kier molecular flexibility index (Phi) is 5.51. The van der Waals surface area contributed by atoms with Crippen LogP contribution < -0.4 is 10.2 Å². The van der Waals surface area contributed by atoms with E-state index in [-0.39, 0.29) is 30.2 Å². The fourth-order valence-electron chi connectivity index (χ4n) is 3.81. The van der Waals surface area contributed by atoms with Crippen LogP contribution in [0, 0.1) is 5.92 Å². The van der Waals surface area contributed by atoms with Crippen molar-refractivity contribution in [1.82, 2.24) is 4.90 Å². The first kappa shape index (κ1) is 19.4. The second-order valence-corrected chi connectivity index (χ2v) is 7.59. The molecule has 2 heterocycles. The molecule has 0 aromatic heterocycles. The van der Waals surface area contributed by atoms with Crippen LogP contribution in [0.15, 0.2) is 24.3 Å². The average molecular weight is 373 g/mol. The number of ether oxygens (including phenoxy) is 1. The molecular formula is C20H27N3O4. The molecule has 2 aliphatic rings. The quantitative estimate of drug-likeness (QED) is 0.817. The zero-order valence-corrected chi connectivity index (χ0v) is 16.2. The number of hydrogen-bond acceptors (Lipinski definition) is 5. The van der Waals surface area contributed by atoms with Gasteiger partial charge in [0, 0.05) is 6.54 Å². The molecule has 2 aliphatic heterocycles. The van der Waals surface area contributed by atoms with Crippen LogP contribution in [0.1, 0.15) is 33.6 Å². The summed E-state index contributed by atoms with van der Waals surface area (Å²) in [6.07, 6.45) is 1.63. The van der Waals surface area contributed by atoms with Crippen molar-refractivity contribution >= 4 is 29.2 Å². The summed E-state index contributed by atoms with van der Waals surface area (Å²) in [5.41, 5.74) is 0.353. The monoisotopic (exact) mass is 373 g/mol. The van der Waals surface area contributed by atoms with E-state index in [0.29, 0.717) is 24.5 Å². The van der Waals surface area contributed by atoms with Crippen molar-refractivity contribution in [2.24, 2.45) is 5.92 Å². The number of nitrogens with zero attached hydrogens (tertiary/aromatic N) is 2. The van der Waals surface area contributed by atoms with E-state index in [2.05, 4.69) is 5.32 Å². The number of fused-ring (bicyclic) bond motifs is 1. The number of anilines is 2. The van der Waals surface area contributed by atoms with Gasteiger partial charge in [-0.25, -0.2) is 0 Å². The van der Waals surface area contributed by atoms with E-state index in [9.17, 15) is 14.4 Å². The van der Waals surface area contributed by atoms with Gasteiger partial charge in [-0.3, -0.25) is 24.2 Å². The van der Waals surface area contributed by atoms with Gasteiger partial charge in [-0.2, -0.15) is 0 Å². The van der Waals surface area contributed by atoms with Crippen molar-refractivity contribution in [2.75, 3.05) is 36.5 Å². The smallest absolute Gasteiger partial charge is 0.310 e. The summed E-state index contributed by atoms with van der Waals surface area (Å²) >= 11 is 0. The highest BCUT2D eigenvalue weighted by Gasteiger charge is 2.44. The second kappa shape index (κ2) is 7.68. The normalized spacial score (nSPS) is 22.0. The van der Waals surface area contributed by atoms with Gasteiger partial charge in [0.05, 0.1) is 30.4 Å². The Morgan fingerprint density at radius 2 is 2.04 bits per heavy atom. The molecule has 1 aromatic carbocycles. The van der Waals surface area contributed by atoms with Crippen LogP contribution in [0.3, 0.4) is 0 Å². The number of likely N-dealkylation sites (tertiary alicyclic amines) is 1. The lowest BCUT2D eigenvalue weighted by molar-refractivity contribution is -0.150. The average Bonchev–Trinajstić information content (AvgIpc) is 2.63. The molecule has 0 radical (unpaired) electrons. The maximum Gasteiger partial charge on any atom is 0.310 e. The molecule has 0 spiro atoms. The minimum Gasteiger partial charge on any atom is -0.466 e. The third-order valence-electron chi connectivity index (χ3n) is 5.24. The standard InChI is InChI=1S/C20H27N3O4/c1-4-27-18(25)14-8-7-11-22(12-14)13-17(24)23-16-10-6-5-9-15(16)21-19(26)20(23,2)3/h5-6,9-10,14H,4,7-8,11-13H2,1-3H3,(H,21,26)/t14-/m1/s1. The van der Waals surface area contributed by atoms with Crippen LogP contribution in [-0.4, -0.2) is 54.5 Å². The lowest BCUT2D eigenvalue weighted by Gasteiger charge is -2.43.